The van der Waals surface area contributed by atoms with Crippen molar-refractivity contribution in [1.82, 2.24) is 10.2 Å². The van der Waals surface area contributed by atoms with Crippen molar-refractivity contribution in [3.05, 3.63) is 63.9 Å². The Kier molecular flexibility index (Phi) is 6.84. The van der Waals surface area contributed by atoms with E-state index < -0.39 is 11.7 Å². The predicted octanol–water partition coefficient (Wildman–Crippen LogP) is 4.97. The number of hydrogen-bond donors (Lipinski definition) is 2. The average Bonchev–Trinajstić information content (AvgIpc) is 3.10. The summed E-state index contributed by atoms with van der Waals surface area (Å²) in [5.74, 6) is -1.17. The van der Waals surface area contributed by atoms with Crippen LogP contribution in [0.1, 0.15) is 10.4 Å². The van der Waals surface area contributed by atoms with Gasteiger partial charge in [-0.1, -0.05) is 52.4 Å². The van der Waals surface area contributed by atoms with E-state index in [9.17, 15) is 14.0 Å². The quantitative estimate of drug-likeness (QED) is 0.404. The Bertz CT molecular complexity index is 1030. The van der Waals surface area contributed by atoms with Crippen LogP contribution in [0.5, 0.6) is 0 Å². The molecule has 0 spiro atoms. The van der Waals surface area contributed by atoms with Crippen molar-refractivity contribution in [3.8, 4) is 0 Å². The zero-order chi connectivity index (χ0) is 20.1. The minimum Gasteiger partial charge on any atom is -0.325 e. The van der Waals surface area contributed by atoms with Gasteiger partial charge in [-0.05, 0) is 36.4 Å². The number of benzene rings is 2. The zero-order valence-corrected chi connectivity index (χ0v) is 17.1. The lowest BCUT2D eigenvalue weighted by Crippen LogP contribution is -2.13. The summed E-state index contributed by atoms with van der Waals surface area (Å²) in [5, 5.41) is 14.0. The van der Waals surface area contributed by atoms with Gasteiger partial charge < -0.3 is 5.32 Å². The monoisotopic (exact) mass is 456 g/mol. The van der Waals surface area contributed by atoms with E-state index in [1.54, 1.807) is 18.2 Å². The van der Waals surface area contributed by atoms with Gasteiger partial charge in [-0.3, -0.25) is 14.9 Å². The van der Waals surface area contributed by atoms with E-state index >= 15 is 0 Å². The van der Waals surface area contributed by atoms with Crippen molar-refractivity contribution >= 4 is 68.9 Å². The highest BCUT2D eigenvalue weighted by molar-refractivity contribution is 8.01. The second-order valence-electron chi connectivity index (χ2n) is 5.30. The molecular formula is C17H11Cl2FN4O2S2. The summed E-state index contributed by atoms with van der Waals surface area (Å²) >= 11 is 14.0. The van der Waals surface area contributed by atoms with Crippen LogP contribution in [0.3, 0.4) is 0 Å². The molecule has 0 saturated carbocycles. The minimum absolute atomic E-state index is 0.0900. The minimum atomic E-state index is -0.505. The Labute approximate surface area is 177 Å². The summed E-state index contributed by atoms with van der Waals surface area (Å²) in [6, 6.07) is 10.1. The normalized spacial score (nSPS) is 10.5. The molecule has 0 bridgehead atoms. The summed E-state index contributed by atoms with van der Waals surface area (Å²) in [5.41, 5.74) is 0.700. The lowest BCUT2D eigenvalue weighted by atomic mass is 10.2. The number of amides is 2. The second kappa shape index (κ2) is 9.33. The molecule has 0 saturated heterocycles. The predicted molar refractivity (Wildman–Crippen MR) is 110 cm³/mol. The Morgan fingerprint density at radius 1 is 1.07 bits per heavy atom. The summed E-state index contributed by atoms with van der Waals surface area (Å²) in [7, 11) is 0. The molecule has 2 amide bonds. The topological polar surface area (TPSA) is 84.0 Å². The van der Waals surface area contributed by atoms with Crippen LogP contribution < -0.4 is 10.6 Å². The first kappa shape index (κ1) is 20.5. The number of aromatic nitrogens is 2. The fraction of sp³-hybridized carbons (Fsp3) is 0.0588. The third kappa shape index (κ3) is 5.65. The van der Waals surface area contributed by atoms with E-state index in [0.29, 0.717) is 20.1 Å². The molecule has 11 heteroatoms. The highest BCUT2D eigenvalue weighted by Crippen LogP contribution is 2.27. The Morgan fingerprint density at radius 3 is 2.64 bits per heavy atom. The largest absolute Gasteiger partial charge is 0.325 e. The molecule has 0 aliphatic rings. The third-order valence-electron chi connectivity index (χ3n) is 3.24. The Morgan fingerprint density at radius 2 is 1.89 bits per heavy atom. The summed E-state index contributed by atoms with van der Waals surface area (Å²) < 4.78 is 13.7. The van der Waals surface area contributed by atoms with Crippen molar-refractivity contribution < 1.29 is 14.0 Å². The van der Waals surface area contributed by atoms with Crippen molar-refractivity contribution in [2.45, 2.75) is 4.34 Å². The van der Waals surface area contributed by atoms with Crippen LogP contribution in [-0.2, 0) is 4.79 Å². The molecule has 2 N–H and O–H groups in total. The van der Waals surface area contributed by atoms with Crippen molar-refractivity contribution in [1.29, 1.82) is 0 Å². The van der Waals surface area contributed by atoms with E-state index in [1.165, 1.54) is 18.2 Å². The average molecular weight is 457 g/mol. The highest BCUT2D eigenvalue weighted by atomic mass is 35.5. The molecule has 0 radical (unpaired) electrons. The molecule has 0 aliphatic heterocycles. The molecule has 3 rings (SSSR count). The van der Waals surface area contributed by atoms with Gasteiger partial charge in [0, 0.05) is 11.3 Å². The SMILES string of the molecule is O=C(CSc1nnc(NC(=O)c2cccc(F)c2)s1)Nc1ccc(Cl)c(Cl)c1. The van der Waals surface area contributed by atoms with Crippen LogP contribution in [0, 0.1) is 5.82 Å². The number of nitrogens with zero attached hydrogens (tertiary/aromatic N) is 2. The maximum Gasteiger partial charge on any atom is 0.257 e. The van der Waals surface area contributed by atoms with Crippen molar-refractivity contribution in [3.63, 3.8) is 0 Å². The van der Waals surface area contributed by atoms with E-state index in [0.717, 1.165) is 29.2 Å². The van der Waals surface area contributed by atoms with E-state index in [1.807, 2.05) is 0 Å². The number of carbonyl (C=O) groups is 2. The molecule has 2 aromatic carbocycles. The maximum absolute atomic E-state index is 13.2. The van der Waals surface area contributed by atoms with Gasteiger partial charge in [0.05, 0.1) is 15.8 Å². The number of halogens is 3. The van der Waals surface area contributed by atoms with Gasteiger partial charge in [0.15, 0.2) is 4.34 Å². The highest BCUT2D eigenvalue weighted by Gasteiger charge is 2.13. The maximum atomic E-state index is 13.2. The molecule has 144 valence electrons. The lowest BCUT2D eigenvalue weighted by Gasteiger charge is -2.05. The Hall–Kier alpha value is -2.20. The summed E-state index contributed by atoms with van der Waals surface area (Å²) in [4.78, 5) is 24.1. The fourth-order valence-corrected chi connectivity index (χ4v) is 3.86. The first-order valence-corrected chi connectivity index (χ1v) is 10.2. The number of carbonyl (C=O) groups excluding carboxylic acids is 2. The first-order chi connectivity index (χ1) is 13.4. The molecular weight excluding hydrogens is 446 g/mol. The molecule has 0 fully saturated rings. The molecule has 6 nitrogen and oxygen atoms in total. The lowest BCUT2D eigenvalue weighted by molar-refractivity contribution is -0.113. The molecule has 0 unspecified atom stereocenters. The number of nitrogens with one attached hydrogen (secondary N) is 2. The van der Waals surface area contributed by atoms with Gasteiger partial charge in [0.1, 0.15) is 5.82 Å². The standard InChI is InChI=1S/C17H11Cl2FN4O2S2/c18-12-5-4-11(7-13(12)19)21-14(25)8-27-17-24-23-16(28-17)22-15(26)9-2-1-3-10(20)6-9/h1-7H,8H2,(H,21,25)(H,22,23,26). The molecule has 0 atom stereocenters. The van der Waals surface area contributed by atoms with Gasteiger partial charge in [-0.2, -0.15) is 0 Å². The van der Waals surface area contributed by atoms with Crippen LogP contribution in [0.2, 0.25) is 10.0 Å². The van der Waals surface area contributed by atoms with Gasteiger partial charge in [-0.25, -0.2) is 4.39 Å². The Balaban J connectivity index is 1.52. The van der Waals surface area contributed by atoms with E-state index in [2.05, 4.69) is 20.8 Å². The van der Waals surface area contributed by atoms with Crippen molar-refractivity contribution in [2.75, 3.05) is 16.4 Å². The summed E-state index contributed by atoms with van der Waals surface area (Å²) in [6.07, 6.45) is 0. The van der Waals surface area contributed by atoms with Crippen LogP contribution in [0.25, 0.3) is 0 Å². The van der Waals surface area contributed by atoms with Crippen LogP contribution in [0.15, 0.2) is 46.8 Å². The van der Waals surface area contributed by atoms with Crippen LogP contribution >= 0.6 is 46.3 Å². The van der Waals surface area contributed by atoms with Gasteiger partial charge >= 0.3 is 0 Å². The fourth-order valence-electron chi connectivity index (χ4n) is 2.02. The van der Waals surface area contributed by atoms with Gasteiger partial charge in [0.25, 0.3) is 5.91 Å². The van der Waals surface area contributed by atoms with Crippen LogP contribution in [-0.4, -0.2) is 27.8 Å². The van der Waals surface area contributed by atoms with Gasteiger partial charge in [-0.15, -0.1) is 10.2 Å². The summed E-state index contributed by atoms with van der Waals surface area (Å²) in [6.45, 7) is 0. The molecule has 1 aromatic heterocycles. The zero-order valence-electron chi connectivity index (χ0n) is 13.9. The smallest absolute Gasteiger partial charge is 0.257 e. The van der Waals surface area contributed by atoms with E-state index in [4.69, 9.17) is 23.2 Å². The second-order valence-corrected chi connectivity index (χ2v) is 8.32. The molecule has 28 heavy (non-hydrogen) atoms. The van der Waals surface area contributed by atoms with Crippen LogP contribution in [0.4, 0.5) is 15.2 Å². The third-order valence-corrected chi connectivity index (χ3v) is 5.95. The number of anilines is 2. The molecule has 0 aliphatic carbocycles. The van der Waals surface area contributed by atoms with Crippen molar-refractivity contribution in [2.24, 2.45) is 0 Å². The number of thioether (sulfide) groups is 1. The van der Waals surface area contributed by atoms with Gasteiger partial charge in [0.2, 0.25) is 11.0 Å². The molecule has 1 heterocycles. The molecule has 3 aromatic rings. The number of hydrogen-bond acceptors (Lipinski definition) is 6. The number of rotatable bonds is 6. The first-order valence-electron chi connectivity index (χ1n) is 7.69. The van der Waals surface area contributed by atoms with E-state index in [-0.39, 0.29) is 22.4 Å².